The first-order valence-electron chi connectivity index (χ1n) is 9.17. The topological polar surface area (TPSA) is 86.8 Å². The summed E-state index contributed by atoms with van der Waals surface area (Å²) in [5.74, 6) is -0.175. The number of carbonyl (C=O) groups is 2. The Labute approximate surface area is 161 Å². The second kappa shape index (κ2) is 8.84. The maximum Gasteiger partial charge on any atom is 0.238 e. The first-order chi connectivity index (χ1) is 12.6. The van der Waals surface area contributed by atoms with Crippen molar-refractivity contribution in [3.05, 3.63) is 29.3 Å². The minimum atomic E-state index is -3.05. The first kappa shape index (κ1) is 21.4. The monoisotopic (exact) mass is 395 g/mol. The molecule has 1 aromatic carbocycles. The van der Waals surface area contributed by atoms with Crippen molar-refractivity contribution in [2.24, 2.45) is 0 Å². The molecule has 150 valence electrons. The van der Waals surface area contributed by atoms with E-state index in [0.717, 1.165) is 16.8 Å². The van der Waals surface area contributed by atoms with Crippen molar-refractivity contribution >= 4 is 27.3 Å². The number of rotatable bonds is 7. The summed E-state index contributed by atoms with van der Waals surface area (Å²) in [5.41, 5.74) is 2.89. The Morgan fingerprint density at radius 3 is 2.52 bits per heavy atom. The van der Waals surface area contributed by atoms with Gasteiger partial charge in [0.05, 0.1) is 24.6 Å². The predicted molar refractivity (Wildman–Crippen MR) is 106 cm³/mol. The summed E-state index contributed by atoms with van der Waals surface area (Å²) < 4.78 is 23.4. The molecule has 0 unspecified atom stereocenters. The van der Waals surface area contributed by atoms with Crippen molar-refractivity contribution < 1.29 is 18.0 Å². The standard InChI is InChI=1S/C19H29N3O4S/c1-5-22(16-9-10-27(25,26)13-16)19(24)12-21(4)11-18(23)20-17-8-6-7-14(2)15(17)3/h6-8,16H,5,9-13H2,1-4H3,(H,20,23)/t16-/m0/s1. The van der Waals surface area contributed by atoms with E-state index in [1.54, 1.807) is 16.8 Å². The molecule has 0 saturated carbocycles. The molecule has 8 heteroatoms. The SMILES string of the molecule is CCN(C(=O)CN(C)CC(=O)Nc1cccc(C)c1C)[C@H]1CCS(=O)(=O)C1. The van der Waals surface area contributed by atoms with Gasteiger partial charge in [-0.3, -0.25) is 14.5 Å². The van der Waals surface area contributed by atoms with Crippen LogP contribution in [0.15, 0.2) is 18.2 Å². The molecular weight excluding hydrogens is 366 g/mol. The highest BCUT2D eigenvalue weighted by molar-refractivity contribution is 7.91. The summed E-state index contributed by atoms with van der Waals surface area (Å²) >= 11 is 0. The van der Waals surface area contributed by atoms with Gasteiger partial charge >= 0.3 is 0 Å². The van der Waals surface area contributed by atoms with E-state index in [4.69, 9.17) is 0 Å². The van der Waals surface area contributed by atoms with E-state index in [1.165, 1.54) is 0 Å². The van der Waals surface area contributed by atoms with Crippen molar-refractivity contribution in [3.63, 3.8) is 0 Å². The van der Waals surface area contributed by atoms with Gasteiger partial charge < -0.3 is 10.2 Å². The van der Waals surface area contributed by atoms with Gasteiger partial charge in [0.2, 0.25) is 11.8 Å². The summed E-state index contributed by atoms with van der Waals surface area (Å²) in [7, 11) is -1.34. The second-order valence-corrected chi connectivity index (χ2v) is 9.43. The van der Waals surface area contributed by atoms with Crippen LogP contribution in [-0.2, 0) is 19.4 Å². The third-order valence-electron chi connectivity index (χ3n) is 5.01. The Kier molecular flexibility index (Phi) is 7.00. The molecule has 1 fully saturated rings. The number of amides is 2. The van der Waals surface area contributed by atoms with Crippen LogP contribution in [0.4, 0.5) is 5.69 Å². The lowest BCUT2D eigenvalue weighted by molar-refractivity contribution is -0.134. The number of hydrogen-bond donors (Lipinski definition) is 1. The lowest BCUT2D eigenvalue weighted by atomic mass is 10.1. The maximum absolute atomic E-state index is 12.6. The van der Waals surface area contributed by atoms with Gasteiger partial charge in [-0.25, -0.2) is 8.42 Å². The van der Waals surface area contributed by atoms with Crippen LogP contribution >= 0.6 is 0 Å². The number of likely N-dealkylation sites (N-methyl/N-ethyl adjacent to an activating group) is 2. The highest BCUT2D eigenvalue weighted by Gasteiger charge is 2.34. The summed E-state index contributed by atoms with van der Waals surface area (Å²) in [4.78, 5) is 28.1. The lowest BCUT2D eigenvalue weighted by Crippen LogP contribution is -2.46. The van der Waals surface area contributed by atoms with Crippen LogP contribution in [0, 0.1) is 13.8 Å². The molecule has 2 amide bonds. The molecule has 1 heterocycles. The van der Waals surface area contributed by atoms with Crippen LogP contribution in [0.5, 0.6) is 0 Å². The molecule has 1 aliphatic rings. The number of nitrogens with zero attached hydrogens (tertiary/aromatic N) is 2. The maximum atomic E-state index is 12.6. The van der Waals surface area contributed by atoms with Crippen molar-refractivity contribution in [2.45, 2.75) is 33.2 Å². The second-order valence-electron chi connectivity index (χ2n) is 7.20. The molecule has 1 N–H and O–H groups in total. The van der Waals surface area contributed by atoms with Crippen LogP contribution in [0.25, 0.3) is 0 Å². The smallest absolute Gasteiger partial charge is 0.238 e. The van der Waals surface area contributed by atoms with Gasteiger partial charge in [-0.15, -0.1) is 0 Å². The third kappa shape index (κ3) is 5.77. The summed E-state index contributed by atoms with van der Waals surface area (Å²) in [6.07, 6.45) is 0.485. The number of carbonyl (C=O) groups excluding carboxylic acids is 2. The van der Waals surface area contributed by atoms with Crippen LogP contribution in [0.3, 0.4) is 0 Å². The highest BCUT2D eigenvalue weighted by atomic mass is 32.2. The first-order valence-corrected chi connectivity index (χ1v) is 11.0. The van der Waals surface area contributed by atoms with E-state index in [1.807, 2.05) is 39.0 Å². The molecule has 0 bridgehead atoms. The van der Waals surface area contributed by atoms with E-state index in [9.17, 15) is 18.0 Å². The average molecular weight is 396 g/mol. The fraction of sp³-hybridized carbons (Fsp3) is 0.579. The zero-order valence-electron chi connectivity index (χ0n) is 16.5. The van der Waals surface area contributed by atoms with Gasteiger partial charge in [-0.05, 0) is 51.4 Å². The van der Waals surface area contributed by atoms with Crippen molar-refractivity contribution in [3.8, 4) is 0 Å². The van der Waals surface area contributed by atoms with E-state index in [-0.39, 0.29) is 42.5 Å². The Bertz CT molecular complexity index is 807. The molecule has 0 aliphatic carbocycles. The summed E-state index contributed by atoms with van der Waals surface area (Å²) in [6.45, 7) is 6.40. The molecule has 0 spiro atoms. The zero-order chi connectivity index (χ0) is 20.2. The minimum Gasteiger partial charge on any atom is -0.338 e. The van der Waals surface area contributed by atoms with Gasteiger partial charge in [0.1, 0.15) is 0 Å². The highest BCUT2D eigenvalue weighted by Crippen LogP contribution is 2.19. The molecule has 1 aliphatic heterocycles. The van der Waals surface area contributed by atoms with Gasteiger partial charge in [0.15, 0.2) is 9.84 Å². The number of sulfone groups is 1. The van der Waals surface area contributed by atoms with Crippen molar-refractivity contribution in [1.29, 1.82) is 0 Å². The molecule has 27 heavy (non-hydrogen) atoms. The lowest BCUT2D eigenvalue weighted by Gasteiger charge is -2.28. The van der Waals surface area contributed by atoms with E-state index in [0.29, 0.717) is 13.0 Å². The fourth-order valence-corrected chi connectivity index (χ4v) is 5.09. The Balaban J connectivity index is 1.90. The van der Waals surface area contributed by atoms with E-state index in [2.05, 4.69) is 5.32 Å². The van der Waals surface area contributed by atoms with Gasteiger partial charge in [-0.1, -0.05) is 12.1 Å². The third-order valence-corrected chi connectivity index (χ3v) is 6.76. The van der Waals surface area contributed by atoms with Gasteiger partial charge in [0.25, 0.3) is 0 Å². The molecule has 7 nitrogen and oxygen atoms in total. The number of nitrogens with one attached hydrogen (secondary N) is 1. The van der Waals surface area contributed by atoms with E-state index >= 15 is 0 Å². The molecule has 1 atom stereocenters. The van der Waals surface area contributed by atoms with Crippen LogP contribution in [-0.4, -0.2) is 74.3 Å². The minimum absolute atomic E-state index is 0.0312. The van der Waals surface area contributed by atoms with Crippen LogP contribution < -0.4 is 5.32 Å². The van der Waals surface area contributed by atoms with Crippen molar-refractivity contribution in [2.75, 3.05) is 43.5 Å². The van der Waals surface area contributed by atoms with Gasteiger partial charge in [0, 0.05) is 18.3 Å². The molecule has 2 rings (SSSR count). The largest absolute Gasteiger partial charge is 0.338 e. The number of anilines is 1. The number of aryl methyl sites for hydroxylation is 1. The predicted octanol–water partition coefficient (Wildman–Crippen LogP) is 1.21. The normalized spacial score (nSPS) is 18.5. The number of hydrogen-bond acceptors (Lipinski definition) is 5. The Morgan fingerprint density at radius 1 is 1.22 bits per heavy atom. The summed E-state index contributed by atoms with van der Waals surface area (Å²) in [5, 5.41) is 2.88. The molecule has 1 saturated heterocycles. The molecule has 1 aromatic rings. The van der Waals surface area contributed by atoms with Crippen LogP contribution in [0.2, 0.25) is 0 Å². The molecule has 0 radical (unpaired) electrons. The zero-order valence-corrected chi connectivity index (χ0v) is 17.3. The van der Waals surface area contributed by atoms with Crippen molar-refractivity contribution in [1.82, 2.24) is 9.80 Å². The molecule has 0 aromatic heterocycles. The quantitative estimate of drug-likeness (QED) is 0.750. The van der Waals surface area contributed by atoms with Crippen LogP contribution in [0.1, 0.15) is 24.5 Å². The summed E-state index contributed by atoms with van der Waals surface area (Å²) in [6, 6.07) is 5.47. The van der Waals surface area contributed by atoms with Gasteiger partial charge in [-0.2, -0.15) is 0 Å². The average Bonchev–Trinajstić information content (AvgIpc) is 2.92. The van der Waals surface area contributed by atoms with E-state index < -0.39 is 9.84 Å². The fourth-order valence-electron chi connectivity index (χ4n) is 3.36. The Hall–Kier alpha value is -1.93. The number of benzene rings is 1. The Morgan fingerprint density at radius 2 is 1.93 bits per heavy atom. The molecular formula is C19H29N3O4S.